The first-order valence-electron chi connectivity index (χ1n) is 29.5. The van der Waals surface area contributed by atoms with Crippen molar-refractivity contribution in [1.82, 2.24) is 5.32 Å². The van der Waals surface area contributed by atoms with Crippen molar-refractivity contribution >= 4 is 13.7 Å². The van der Waals surface area contributed by atoms with Gasteiger partial charge < -0.3 is 19.8 Å². The van der Waals surface area contributed by atoms with Crippen molar-refractivity contribution in [2.45, 2.75) is 206 Å². The molecule has 1 amide bonds. The zero-order valence-corrected chi connectivity index (χ0v) is 49.6. The van der Waals surface area contributed by atoms with Crippen LogP contribution in [0.4, 0.5) is 0 Å². The van der Waals surface area contributed by atoms with E-state index in [1.54, 1.807) is 6.08 Å². The van der Waals surface area contributed by atoms with Crippen molar-refractivity contribution in [2.75, 3.05) is 40.9 Å². The van der Waals surface area contributed by atoms with Crippen LogP contribution in [0, 0.1) is 0 Å². The second kappa shape index (κ2) is 55.6. The minimum atomic E-state index is -4.37. The maximum Gasteiger partial charge on any atom is 0.472 e. The summed E-state index contributed by atoms with van der Waals surface area (Å²) in [5.41, 5.74) is 0. The molecule has 0 saturated heterocycles. The molecule has 0 aliphatic carbocycles. The summed E-state index contributed by atoms with van der Waals surface area (Å²) < 4.78 is 23.6. The normalized spacial score (nSPS) is 15.1. The zero-order chi connectivity index (χ0) is 55.6. The Hall–Kier alpha value is -4.14. The van der Waals surface area contributed by atoms with Gasteiger partial charge in [0.1, 0.15) is 13.2 Å². The van der Waals surface area contributed by atoms with E-state index in [9.17, 15) is 19.4 Å². The summed E-state index contributed by atoms with van der Waals surface area (Å²) in [5, 5.41) is 13.8. The molecule has 0 heterocycles. The maximum absolute atomic E-state index is 12.9. The number of aliphatic hydroxyl groups is 1. The van der Waals surface area contributed by atoms with Gasteiger partial charge in [-0.05, 0) is 122 Å². The fourth-order valence-corrected chi connectivity index (χ4v) is 8.07. The molecular formula is C67H110N2O6P+. The highest BCUT2D eigenvalue weighted by atomic mass is 31.2. The molecule has 0 aliphatic heterocycles. The first-order valence-corrected chi connectivity index (χ1v) is 31.0. The highest BCUT2D eigenvalue weighted by Gasteiger charge is 2.27. The third kappa shape index (κ3) is 57.6. The molecule has 0 bridgehead atoms. The molecular weight excluding hydrogens is 960 g/mol. The van der Waals surface area contributed by atoms with Crippen LogP contribution in [0.5, 0.6) is 0 Å². The van der Waals surface area contributed by atoms with Gasteiger partial charge in [0.15, 0.2) is 0 Å². The predicted octanol–water partition coefficient (Wildman–Crippen LogP) is 18.4. The summed E-state index contributed by atoms with van der Waals surface area (Å²) in [6.07, 6.45) is 89.0. The van der Waals surface area contributed by atoms with Gasteiger partial charge in [0, 0.05) is 6.42 Å². The topological polar surface area (TPSA) is 105 Å². The van der Waals surface area contributed by atoms with Gasteiger partial charge in [-0.25, -0.2) is 4.57 Å². The van der Waals surface area contributed by atoms with Crippen molar-refractivity contribution in [3.05, 3.63) is 170 Å². The van der Waals surface area contributed by atoms with E-state index < -0.39 is 20.0 Å². The lowest BCUT2D eigenvalue weighted by Gasteiger charge is -2.25. The number of phosphoric ester groups is 1. The number of likely N-dealkylation sites (N-methyl/N-ethyl adjacent to an activating group) is 1. The Morgan fingerprint density at radius 2 is 0.803 bits per heavy atom. The number of allylic oxidation sites excluding steroid dienone is 27. The number of phosphoric acid groups is 1. The number of aliphatic hydroxyl groups excluding tert-OH is 1. The highest BCUT2D eigenvalue weighted by Crippen LogP contribution is 2.43. The molecule has 76 heavy (non-hydrogen) atoms. The number of rotatable bonds is 51. The Labute approximate surface area is 466 Å². The summed E-state index contributed by atoms with van der Waals surface area (Å²) in [5.74, 6) is -0.220. The van der Waals surface area contributed by atoms with Crippen LogP contribution in [-0.4, -0.2) is 73.4 Å². The Kier molecular flexibility index (Phi) is 52.6. The fraction of sp³-hybridized carbons (Fsp3) is 0.567. The van der Waals surface area contributed by atoms with Crippen LogP contribution in [0.2, 0.25) is 0 Å². The van der Waals surface area contributed by atoms with Crippen LogP contribution < -0.4 is 5.32 Å². The molecule has 0 fully saturated rings. The number of carbonyl (C=O) groups excluding carboxylic acids is 1. The number of nitrogens with zero attached hydrogens (tertiary/aromatic N) is 1. The molecule has 3 N–H and O–H groups in total. The Morgan fingerprint density at radius 1 is 0.461 bits per heavy atom. The number of hydrogen-bond acceptors (Lipinski definition) is 5. The number of hydrogen-bond donors (Lipinski definition) is 3. The summed E-state index contributed by atoms with van der Waals surface area (Å²) in [4.78, 5) is 23.2. The van der Waals surface area contributed by atoms with Crippen molar-refractivity contribution in [1.29, 1.82) is 0 Å². The lowest BCUT2D eigenvalue weighted by atomic mass is 10.1. The van der Waals surface area contributed by atoms with Gasteiger partial charge in [-0.1, -0.05) is 235 Å². The second-order valence-electron chi connectivity index (χ2n) is 20.3. The molecule has 0 aliphatic rings. The molecule has 0 radical (unpaired) electrons. The molecule has 0 spiro atoms. The lowest BCUT2D eigenvalue weighted by molar-refractivity contribution is -0.870. The van der Waals surface area contributed by atoms with E-state index in [1.165, 1.54) is 44.9 Å². The van der Waals surface area contributed by atoms with E-state index in [2.05, 4.69) is 177 Å². The highest BCUT2D eigenvalue weighted by molar-refractivity contribution is 7.47. The Balaban J connectivity index is 4.22. The molecule has 0 saturated carbocycles. The Morgan fingerprint density at radius 3 is 1.21 bits per heavy atom. The van der Waals surface area contributed by atoms with Crippen LogP contribution in [0.1, 0.15) is 194 Å². The number of nitrogens with one attached hydrogen (secondary N) is 1. The van der Waals surface area contributed by atoms with Crippen LogP contribution >= 0.6 is 7.82 Å². The van der Waals surface area contributed by atoms with Gasteiger partial charge in [0.25, 0.3) is 0 Å². The molecule has 0 aromatic heterocycles. The van der Waals surface area contributed by atoms with E-state index in [1.807, 2.05) is 27.2 Å². The van der Waals surface area contributed by atoms with E-state index in [0.717, 1.165) is 128 Å². The zero-order valence-electron chi connectivity index (χ0n) is 48.7. The average molecular weight is 1070 g/mol. The van der Waals surface area contributed by atoms with Gasteiger partial charge in [0.2, 0.25) is 5.91 Å². The minimum absolute atomic E-state index is 0.0415. The maximum atomic E-state index is 12.9. The number of quaternary nitrogens is 1. The van der Waals surface area contributed by atoms with Gasteiger partial charge >= 0.3 is 7.82 Å². The Bertz CT molecular complexity index is 1840. The molecule has 428 valence electrons. The van der Waals surface area contributed by atoms with E-state index >= 15 is 0 Å². The van der Waals surface area contributed by atoms with Crippen molar-refractivity contribution < 1.29 is 32.9 Å². The average Bonchev–Trinajstić information content (AvgIpc) is 3.38. The SMILES string of the molecule is CC/C=C\C/C=C\C/C=C\C/C=C\C/C=C\C/C=C\C/C=C\C/C=C\C/C=C\C/C=C\C/C=C\C/C=C\CCCCCCC(=O)NC(COP(=O)(O)OCC[N+](C)(C)C)C(O)/C=C/CC/C=C/CCCCCCCCC. The fourth-order valence-electron chi connectivity index (χ4n) is 7.33. The van der Waals surface area contributed by atoms with Crippen molar-refractivity contribution in [3.8, 4) is 0 Å². The molecule has 8 nitrogen and oxygen atoms in total. The first kappa shape index (κ1) is 71.9. The monoisotopic (exact) mass is 1070 g/mol. The van der Waals surface area contributed by atoms with Crippen LogP contribution in [0.25, 0.3) is 0 Å². The molecule has 0 aromatic carbocycles. The van der Waals surface area contributed by atoms with Gasteiger partial charge in [-0.15, -0.1) is 0 Å². The van der Waals surface area contributed by atoms with E-state index in [0.29, 0.717) is 17.4 Å². The molecule has 0 aromatic rings. The number of carbonyl (C=O) groups is 1. The quantitative estimate of drug-likeness (QED) is 0.0243. The van der Waals surface area contributed by atoms with Crippen LogP contribution in [0.3, 0.4) is 0 Å². The number of amides is 1. The predicted molar refractivity (Wildman–Crippen MR) is 331 cm³/mol. The third-order valence-electron chi connectivity index (χ3n) is 11.9. The summed E-state index contributed by atoms with van der Waals surface area (Å²) in [6, 6.07) is -0.889. The smallest absolute Gasteiger partial charge is 0.387 e. The van der Waals surface area contributed by atoms with Gasteiger partial charge in [0.05, 0.1) is 39.9 Å². The molecule has 0 rings (SSSR count). The van der Waals surface area contributed by atoms with E-state index in [4.69, 9.17) is 9.05 Å². The van der Waals surface area contributed by atoms with E-state index in [-0.39, 0.29) is 19.1 Å². The molecule has 3 unspecified atom stereocenters. The third-order valence-corrected chi connectivity index (χ3v) is 12.9. The van der Waals surface area contributed by atoms with Crippen molar-refractivity contribution in [3.63, 3.8) is 0 Å². The summed E-state index contributed by atoms with van der Waals surface area (Å²) in [7, 11) is 1.51. The lowest BCUT2D eigenvalue weighted by Crippen LogP contribution is -2.45. The molecule has 9 heteroatoms. The van der Waals surface area contributed by atoms with Crippen LogP contribution in [0.15, 0.2) is 170 Å². The largest absolute Gasteiger partial charge is 0.472 e. The summed E-state index contributed by atoms with van der Waals surface area (Å²) in [6.45, 7) is 4.61. The summed E-state index contributed by atoms with van der Waals surface area (Å²) >= 11 is 0. The van der Waals surface area contributed by atoms with Gasteiger partial charge in [-0.2, -0.15) is 0 Å². The van der Waals surface area contributed by atoms with Gasteiger partial charge in [-0.3, -0.25) is 13.8 Å². The number of unbranched alkanes of at least 4 members (excludes halogenated alkanes) is 12. The van der Waals surface area contributed by atoms with Crippen molar-refractivity contribution in [2.24, 2.45) is 0 Å². The minimum Gasteiger partial charge on any atom is -0.387 e. The standard InChI is InChI=1S/C67H109N2O6P/c1-6-8-10-12-14-16-18-20-21-22-23-24-25-26-27-28-29-30-31-32-33-34-35-36-37-38-39-40-41-42-43-44-45-46-47-49-51-53-55-57-59-61-67(71)68-65(64-75-76(72,73)74-63-62-69(3,4)5)66(70)60-58-56-54-52-50-48-19-17-15-13-11-9-7-2/h8,10,14,16,20-21,23-24,26-27,29-30,32-33,35-36,38-39,41-42,44-45,47,49-50,52,58,60,65-66,70H,6-7,9,11-13,15,17-19,22,25,28,31,34,37,40,43,46,48,51,53-57,59,61-64H2,1-5H3,(H-,68,71,72,73)/p+1/b10-8-,16-14-,21-20-,24-23-,27-26-,30-29-,33-32-,36-35-,39-38-,42-41-,45-44-,49-47-,52-50+,60-58+. The van der Waals surface area contributed by atoms with Crippen LogP contribution in [-0.2, 0) is 18.4 Å². The first-order chi connectivity index (χ1) is 37.0. The molecule has 3 atom stereocenters. The second-order valence-corrected chi connectivity index (χ2v) is 21.7.